The molecule has 4 rings (SSSR count). The average Bonchev–Trinajstić information content (AvgIpc) is 3.06. The van der Waals surface area contributed by atoms with Crippen molar-refractivity contribution in [3.05, 3.63) is 33.8 Å². The minimum absolute atomic E-state index is 0.674. The highest BCUT2D eigenvalue weighted by atomic mass is 35.5. The molecule has 4 heteroatoms. The van der Waals surface area contributed by atoms with Crippen LogP contribution in [-0.4, -0.2) is 30.1 Å². The number of benzene rings is 1. The van der Waals surface area contributed by atoms with Crippen molar-refractivity contribution in [3.63, 3.8) is 0 Å². The van der Waals surface area contributed by atoms with Crippen LogP contribution in [0.1, 0.15) is 18.4 Å². The summed E-state index contributed by atoms with van der Waals surface area (Å²) in [5.41, 5.74) is 1.18. The SMILES string of the molecule is Clc1cccc(CN2[C@@H]3CC[C@H]2[C@H]2CNC[C@H]23)c1Cl. The van der Waals surface area contributed by atoms with Crippen molar-refractivity contribution in [1.82, 2.24) is 10.2 Å². The fraction of sp³-hybridized carbons (Fsp3) is 0.600. The molecule has 0 aliphatic carbocycles. The van der Waals surface area contributed by atoms with Crippen molar-refractivity contribution >= 4 is 23.2 Å². The van der Waals surface area contributed by atoms with E-state index in [9.17, 15) is 0 Å². The Morgan fingerprint density at radius 3 is 2.47 bits per heavy atom. The maximum Gasteiger partial charge on any atom is 0.0637 e. The molecular formula is C15H18Cl2N2. The molecular weight excluding hydrogens is 279 g/mol. The van der Waals surface area contributed by atoms with Crippen LogP contribution < -0.4 is 5.32 Å². The summed E-state index contributed by atoms with van der Waals surface area (Å²) in [7, 11) is 0. The second-order valence-corrected chi connectivity index (χ2v) is 6.87. The highest BCUT2D eigenvalue weighted by molar-refractivity contribution is 6.42. The zero-order valence-corrected chi connectivity index (χ0v) is 12.3. The maximum atomic E-state index is 6.34. The number of nitrogens with zero attached hydrogens (tertiary/aromatic N) is 1. The molecule has 1 aromatic carbocycles. The molecule has 1 N–H and O–H groups in total. The Hall–Kier alpha value is -0.280. The normalized spacial score (nSPS) is 36.9. The molecule has 3 saturated heterocycles. The number of nitrogens with one attached hydrogen (secondary N) is 1. The van der Waals surface area contributed by atoms with Crippen molar-refractivity contribution in [2.45, 2.75) is 31.5 Å². The molecule has 3 heterocycles. The average molecular weight is 297 g/mol. The Morgan fingerprint density at radius 1 is 1.11 bits per heavy atom. The lowest BCUT2D eigenvalue weighted by Gasteiger charge is -2.25. The predicted molar refractivity (Wildman–Crippen MR) is 78.7 cm³/mol. The van der Waals surface area contributed by atoms with Gasteiger partial charge in [-0.15, -0.1) is 0 Å². The van der Waals surface area contributed by atoms with Crippen molar-refractivity contribution in [2.24, 2.45) is 11.8 Å². The second-order valence-electron chi connectivity index (χ2n) is 6.08. The number of rotatable bonds is 2. The van der Waals surface area contributed by atoms with Gasteiger partial charge in [-0.3, -0.25) is 4.90 Å². The lowest BCUT2D eigenvalue weighted by molar-refractivity contribution is 0.218. The largest absolute Gasteiger partial charge is 0.316 e. The van der Waals surface area contributed by atoms with Crippen LogP contribution in [-0.2, 0) is 6.54 Å². The van der Waals surface area contributed by atoms with Crippen LogP contribution in [0.5, 0.6) is 0 Å². The van der Waals surface area contributed by atoms with E-state index < -0.39 is 0 Å². The van der Waals surface area contributed by atoms with Gasteiger partial charge in [0.25, 0.3) is 0 Å². The van der Waals surface area contributed by atoms with E-state index in [-0.39, 0.29) is 0 Å². The molecule has 3 aliphatic heterocycles. The quantitative estimate of drug-likeness (QED) is 0.902. The summed E-state index contributed by atoms with van der Waals surface area (Å²) in [5, 5.41) is 4.96. The molecule has 2 nitrogen and oxygen atoms in total. The van der Waals surface area contributed by atoms with Crippen molar-refractivity contribution < 1.29 is 0 Å². The van der Waals surface area contributed by atoms with E-state index >= 15 is 0 Å². The summed E-state index contributed by atoms with van der Waals surface area (Å²) in [6.07, 6.45) is 2.71. The van der Waals surface area contributed by atoms with Gasteiger partial charge in [0.2, 0.25) is 0 Å². The van der Waals surface area contributed by atoms with Gasteiger partial charge in [-0.25, -0.2) is 0 Å². The first-order chi connectivity index (χ1) is 9.25. The van der Waals surface area contributed by atoms with Crippen molar-refractivity contribution in [1.29, 1.82) is 0 Å². The highest BCUT2D eigenvalue weighted by Crippen LogP contribution is 2.48. The van der Waals surface area contributed by atoms with E-state index in [2.05, 4.69) is 16.3 Å². The number of fused-ring (bicyclic) bond motifs is 5. The van der Waals surface area contributed by atoms with Gasteiger partial charge in [-0.2, -0.15) is 0 Å². The van der Waals surface area contributed by atoms with Gasteiger partial charge in [0, 0.05) is 18.6 Å². The van der Waals surface area contributed by atoms with Crippen LogP contribution >= 0.6 is 23.2 Å². The summed E-state index contributed by atoms with van der Waals surface area (Å²) in [6.45, 7) is 3.36. The fourth-order valence-corrected chi connectivity index (χ4v) is 4.88. The molecule has 3 fully saturated rings. The Balaban J connectivity index is 1.60. The summed E-state index contributed by atoms with van der Waals surface area (Å²) >= 11 is 12.5. The first-order valence-electron chi connectivity index (χ1n) is 7.15. The van der Waals surface area contributed by atoms with Crippen LogP contribution in [0.4, 0.5) is 0 Å². The van der Waals surface area contributed by atoms with Gasteiger partial charge in [0.1, 0.15) is 0 Å². The predicted octanol–water partition coefficient (Wildman–Crippen LogP) is 3.18. The Kier molecular flexibility index (Phi) is 3.03. The van der Waals surface area contributed by atoms with Gasteiger partial charge >= 0.3 is 0 Å². The third-order valence-electron chi connectivity index (χ3n) is 5.29. The van der Waals surface area contributed by atoms with Crippen molar-refractivity contribution in [3.8, 4) is 0 Å². The molecule has 19 heavy (non-hydrogen) atoms. The topological polar surface area (TPSA) is 15.3 Å². The Morgan fingerprint density at radius 2 is 1.79 bits per heavy atom. The van der Waals surface area contributed by atoms with E-state index in [0.29, 0.717) is 5.02 Å². The number of hydrogen-bond acceptors (Lipinski definition) is 2. The van der Waals surface area contributed by atoms with E-state index in [1.165, 1.54) is 31.5 Å². The first kappa shape index (κ1) is 12.5. The van der Waals surface area contributed by atoms with Gasteiger partial charge in [-0.05, 0) is 49.4 Å². The van der Waals surface area contributed by atoms with Crippen LogP contribution in [0.25, 0.3) is 0 Å². The standard InChI is InChI=1S/C15H18Cl2N2/c16-12-3-1-2-9(15(12)17)8-19-13-4-5-14(19)11-7-18-6-10(11)13/h1-3,10-11,13-14,18H,4-8H2/t10-,11+,13-,14+. The van der Waals surface area contributed by atoms with E-state index in [1.54, 1.807) is 0 Å². The van der Waals surface area contributed by atoms with Gasteiger partial charge in [0.05, 0.1) is 10.0 Å². The first-order valence-corrected chi connectivity index (χ1v) is 7.90. The molecule has 0 spiro atoms. The highest BCUT2D eigenvalue weighted by Gasteiger charge is 2.54. The summed E-state index contributed by atoms with van der Waals surface area (Å²) < 4.78 is 0. The summed E-state index contributed by atoms with van der Waals surface area (Å²) in [6, 6.07) is 7.48. The monoisotopic (exact) mass is 296 g/mol. The summed E-state index contributed by atoms with van der Waals surface area (Å²) in [5.74, 6) is 1.72. The molecule has 1 aromatic rings. The lowest BCUT2D eigenvalue weighted by Crippen LogP contribution is -2.33. The Labute approximate surface area is 124 Å². The molecule has 0 saturated carbocycles. The van der Waals surface area contributed by atoms with Crippen LogP contribution in [0, 0.1) is 11.8 Å². The van der Waals surface area contributed by atoms with Crippen LogP contribution in [0.3, 0.4) is 0 Å². The van der Waals surface area contributed by atoms with E-state index in [4.69, 9.17) is 23.2 Å². The minimum atomic E-state index is 0.674. The van der Waals surface area contributed by atoms with Gasteiger partial charge in [0.15, 0.2) is 0 Å². The van der Waals surface area contributed by atoms with E-state index in [1.807, 2.05) is 12.1 Å². The molecule has 0 aromatic heterocycles. The third kappa shape index (κ3) is 1.84. The zero-order valence-electron chi connectivity index (χ0n) is 10.8. The fourth-order valence-electron chi connectivity index (χ4n) is 4.50. The zero-order chi connectivity index (χ0) is 13.0. The molecule has 0 amide bonds. The van der Waals surface area contributed by atoms with Gasteiger partial charge in [-0.1, -0.05) is 35.3 Å². The molecule has 102 valence electrons. The minimum Gasteiger partial charge on any atom is -0.316 e. The van der Waals surface area contributed by atoms with Crippen molar-refractivity contribution in [2.75, 3.05) is 13.1 Å². The number of hydrogen-bond donors (Lipinski definition) is 1. The second kappa shape index (κ2) is 4.63. The maximum absolute atomic E-state index is 6.34. The van der Waals surface area contributed by atoms with Crippen LogP contribution in [0.15, 0.2) is 18.2 Å². The molecule has 0 unspecified atom stereocenters. The van der Waals surface area contributed by atoms with E-state index in [0.717, 1.165) is 35.5 Å². The molecule has 2 bridgehead atoms. The molecule has 3 aliphatic rings. The van der Waals surface area contributed by atoms with Crippen LogP contribution in [0.2, 0.25) is 10.0 Å². The van der Waals surface area contributed by atoms with Gasteiger partial charge < -0.3 is 5.32 Å². The molecule has 0 radical (unpaired) electrons. The Bertz CT molecular complexity index is 487. The summed E-state index contributed by atoms with van der Waals surface area (Å²) in [4.78, 5) is 2.69. The molecule has 4 atom stereocenters. The lowest BCUT2D eigenvalue weighted by atomic mass is 9.82. The number of halogens is 2. The third-order valence-corrected chi connectivity index (χ3v) is 6.15. The smallest absolute Gasteiger partial charge is 0.0637 e.